The number of carbonyl (C=O) groups excluding carboxylic acids is 1. The number of aryl methyl sites for hydroxylation is 1. The van der Waals surface area contributed by atoms with E-state index >= 15 is 0 Å². The van der Waals surface area contributed by atoms with Crippen molar-refractivity contribution in [2.45, 2.75) is 31.8 Å². The van der Waals surface area contributed by atoms with E-state index in [4.69, 9.17) is 0 Å². The summed E-state index contributed by atoms with van der Waals surface area (Å²) < 4.78 is 3.56. The number of rotatable bonds is 6. The second-order valence-electron chi connectivity index (χ2n) is 6.72. The minimum absolute atomic E-state index is 0.113. The van der Waals surface area contributed by atoms with Gasteiger partial charge in [-0.05, 0) is 44.0 Å². The molecule has 0 spiro atoms. The number of nitrogens with zero attached hydrogens (tertiary/aromatic N) is 4. The van der Waals surface area contributed by atoms with E-state index in [2.05, 4.69) is 10.2 Å². The SMILES string of the molecule is CC(=O)CCCSc1nnc2n(-c3ccccc3C)c(=O)c3ccccc3n12. The van der Waals surface area contributed by atoms with Crippen molar-refractivity contribution in [3.63, 3.8) is 0 Å². The summed E-state index contributed by atoms with van der Waals surface area (Å²) in [4.78, 5) is 24.5. The van der Waals surface area contributed by atoms with Crippen LogP contribution in [0.5, 0.6) is 0 Å². The highest BCUT2D eigenvalue weighted by molar-refractivity contribution is 7.99. The highest BCUT2D eigenvalue weighted by Gasteiger charge is 2.18. The molecule has 28 heavy (non-hydrogen) atoms. The molecule has 0 saturated carbocycles. The molecule has 0 unspecified atom stereocenters. The van der Waals surface area contributed by atoms with Crippen LogP contribution >= 0.6 is 11.8 Å². The molecule has 0 amide bonds. The number of carbonyl (C=O) groups is 1. The molecule has 0 aliphatic rings. The third kappa shape index (κ3) is 3.22. The lowest BCUT2D eigenvalue weighted by molar-refractivity contribution is -0.117. The fourth-order valence-corrected chi connectivity index (χ4v) is 4.17. The van der Waals surface area contributed by atoms with Crippen LogP contribution in [0.15, 0.2) is 58.5 Å². The van der Waals surface area contributed by atoms with Gasteiger partial charge in [-0.1, -0.05) is 42.1 Å². The zero-order valence-corrected chi connectivity index (χ0v) is 16.6. The Hall–Kier alpha value is -2.93. The Bertz CT molecular complexity index is 1240. The highest BCUT2D eigenvalue weighted by Crippen LogP contribution is 2.24. The fraction of sp³-hybridized carbons (Fsp3) is 0.238. The number of aromatic nitrogens is 4. The number of benzene rings is 2. The van der Waals surface area contributed by atoms with Gasteiger partial charge in [-0.3, -0.25) is 9.20 Å². The third-order valence-electron chi connectivity index (χ3n) is 4.66. The van der Waals surface area contributed by atoms with Crippen molar-refractivity contribution < 1.29 is 4.79 Å². The van der Waals surface area contributed by atoms with Gasteiger partial charge in [0.1, 0.15) is 5.78 Å². The van der Waals surface area contributed by atoms with Crippen molar-refractivity contribution in [1.29, 1.82) is 0 Å². The van der Waals surface area contributed by atoms with Crippen LogP contribution in [-0.2, 0) is 4.79 Å². The van der Waals surface area contributed by atoms with E-state index in [1.54, 1.807) is 23.3 Å². The number of hydrogen-bond acceptors (Lipinski definition) is 5. The van der Waals surface area contributed by atoms with E-state index in [-0.39, 0.29) is 11.3 Å². The van der Waals surface area contributed by atoms with Gasteiger partial charge in [-0.25, -0.2) is 4.57 Å². The maximum absolute atomic E-state index is 13.3. The summed E-state index contributed by atoms with van der Waals surface area (Å²) in [6.45, 7) is 3.58. The van der Waals surface area contributed by atoms with Gasteiger partial charge in [0.05, 0.1) is 16.6 Å². The van der Waals surface area contributed by atoms with Crippen LogP contribution in [0, 0.1) is 6.92 Å². The second-order valence-corrected chi connectivity index (χ2v) is 7.78. The van der Waals surface area contributed by atoms with Gasteiger partial charge >= 0.3 is 0 Å². The molecule has 2 aromatic carbocycles. The Morgan fingerprint density at radius 1 is 1.07 bits per heavy atom. The summed E-state index contributed by atoms with van der Waals surface area (Å²) in [6, 6.07) is 15.3. The van der Waals surface area contributed by atoms with Gasteiger partial charge in [-0.2, -0.15) is 0 Å². The van der Waals surface area contributed by atoms with Crippen LogP contribution < -0.4 is 5.56 Å². The molecule has 2 heterocycles. The van der Waals surface area contributed by atoms with Crippen molar-refractivity contribution >= 4 is 34.2 Å². The summed E-state index contributed by atoms with van der Waals surface area (Å²) >= 11 is 1.55. The van der Waals surface area contributed by atoms with Crippen molar-refractivity contribution in [2.75, 3.05) is 5.75 Å². The number of hydrogen-bond donors (Lipinski definition) is 0. The third-order valence-corrected chi connectivity index (χ3v) is 5.67. The van der Waals surface area contributed by atoms with Crippen LogP contribution in [0.25, 0.3) is 22.4 Å². The number of ketones is 1. The average Bonchev–Trinajstić information content (AvgIpc) is 3.10. The molecule has 0 aliphatic carbocycles. The van der Waals surface area contributed by atoms with E-state index < -0.39 is 0 Å². The first-order valence-electron chi connectivity index (χ1n) is 9.15. The molecular formula is C21H20N4O2S. The van der Waals surface area contributed by atoms with Gasteiger partial charge in [0.15, 0.2) is 5.16 Å². The zero-order chi connectivity index (χ0) is 19.7. The maximum Gasteiger partial charge on any atom is 0.267 e. The lowest BCUT2D eigenvalue weighted by Crippen LogP contribution is -2.22. The Morgan fingerprint density at radius 3 is 2.61 bits per heavy atom. The number of para-hydroxylation sites is 2. The molecule has 7 heteroatoms. The summed E-state index contributed by atoms with van der Waals surface area (Å²) in [5, 5.41) is 10.0. The van der Waals surface area contributed by atoms with Crippen molar-refractivity contribution in [3.8, 4) is 5.69 Å². The smallest absolute Gasteiger partial charge is 0.267 e. The van der Waals surface area contributed by atoms with E-state index in [1.807, 2.05) is 59.9 Å². The van der Waals surface area contributed by atoms with Crippen LogP contribution in [-0.4, -0.2) is 30.7 Å². The first-order valence-corrected chi connectivity index (χ1v) is 10.1. The van der Waals surface area contributed by atoms with Crippen molar-refractivity contribution in [3.05, 3.63) is 64.4 Å². The summed E-state index contributed by atoms with van der Waals surface area (Å²) in [7, 11) is 0. The summed E-state index contributed by atoms with van der Waals surface area (Å²) in [6.07, 6.45) is 1.34. The predicted octanol–water partition coefficient (Wildman–Crippen LogP) is 3.80. The fourth-order valence-electron chi connectivity index (χ4n) is 3.29. The average molecular weight is 392 g/mol. The summed E-state index contributed by atoms with van der Waals surface area (Å²) in [5.74, 6) is 1.44. The molecule has 2 aromatic heterocycles. The molecule has 4 aromatic rings. The minimum atomic E-state index is -0.113. The predicted molar refractivity (Wildman–Crippen MR) is 111 cm³/mol. The van der Waals surface area contributed by atoms with Crippen LogP contribution in [0.1, 0.15) is 25.3 Å². The normalized spacial score (nSPS) is 11.4. The molecule has 0 aliphatic heterocycles. The number of Topliss-reactive ketones (excluding diaryl/α,β-unsaturated/α-hetero) is 1. The van der Waals surface area contributed by atoms with E-state index in [0.717, 1.165) is 34.1 Å². The highest BCUT2D eigenvalue weighted by atomic mass is 32.2. The van der Waals surface area contributed by atoms with E-state index in [9.17, 15) is 9.59 Å². The molecule has 0 bridgehead atoms. The molecule has 0 fully saturated rings. The van der Waals surface area contributed by atoms with Crippen molar-refractivity contribution in [1.82, 2.24) is 19.2 Å². The molecular weight excluding hydrogens is 372 g/mol. The van der Waals surface area contributed by atoms with Gasteiger partial charge < -0.3 is 4.79 Å². The number of fused-ring (bicyclic) bond motifs is 3. The molecule has 0 atom stereocenters. The first-order chi connectivity index (χ1) is 13.6. The van der Waals surface area contributed by atoms with E-state index in [1.165, 1.54) is 0 Å². The molecule has 0 N–H and O–H groups in total. The van der Waals surface area contributed by atoms with Crippen LogP contribution in [0.3, 0.4) is 0 Å². The van der Waals surface area contributed by atoms with Crippen LogP contribution in [0.2, 0.25) is 0 Å². The lowest BCUT2D eigenvalue weighted by Gasteiger charge is -2.13. The van der Waals surface area contributed by atoms with E-state index in [0.29, 0.717) is 17.6 Å². The molecule has 142 valence electrons. The zero-order valence-electron chi connectivity index (χ0n) is 15.8. The topological polar surface area (TPSA) is 69.3 Å². The largest absolute Gasteiger partial charge is 0.300 e. The second kappa shape index (κ2) is 7.59. The molecule has 6 nitrogen and oxygen atoms in total. The Kier molecular flexibility index (Phi) is 5.00. The summed E-state index contributed by atoms with van der Waals surface area (Å²) in [5.41, 5.74) is 2.45. The Balaban J connectivity index is 1.93. The van der Waals surface area contributed by atoms with Crippen molar-refractivity contribution in [2.24, 2.45) is 0 Å². The monoisotopic (exact) mass is 392 g/mol. The molecule has 0 saturated heterocycles. The Labute approximate surface area is 166 Å². The molecule has 0 radical (unpaired) electrons. The Morgan fingerprint density at radius 2 is 1.82 bits per heavy atom. The minimum Gasteiger partial charge on any atom is -0.300 e. The maximum atomic E-state index is 13.3. The van der Waals surface area contributed by atoms with Gasteiger partial charge in [0.25, 0.3) is 5.56 Å². The quantitative estimate of drug-likeness (QED) is 0.369. The lowest BCUT2D eigenvalue weighted by atomic mass is 10.2. The number of thioether (sulfide) groups is 1. The van der Waals surface area contributed by atoms with Gasteiger partial charge in [0, 0.05) is 12.2 Å². The first kappa shape index (κ1) is 18.4. The van der Waals surface area contributed by atoms with Gasteiger partial charge in [0.2, 0.25) is 5.78 Å². The molecule has 4 rings (SSSR count). The van der Waals surface area contributed by atoms with Gasteiger partial charge in [-0.15, -0.1) is 10.2 Å². The van der Waals surface area contributed by atoms with Crippen LogP contribution in [0.4, 0.5) is 0 Å². The standard InChI is InChI=1S/C21H20N4O2S/c1-14-8-3-5-11-17(14)24-19(27)16-10-4-6-12-18(16)25-20(24)22-23-21(25)28-13-7-9-15(2)26/h3-6,8,10-12H,7,9,13H2,1-2H3.